The first kappa shape index (κ1) is 11.3. The van der Waals surface area contributed by atoms with Crippen molar-refractivity contribution < 1.29 is 9.47 Å². The van der Waals surface area contributed by atoms with Crippen molar-refractivity contribution in [2.75, 3.05) is 26.1 Å². The van der Waals surface area contributed by atoms with Crippen molar-refractivity contribution in [3.8, 4) is 5.75 Å². The van der Waals surface area contributed by atoms with Gasteiger partial charge in [-0.3, -0.25) is 0 Å². The van der Waals surface area contributed by atoms with E-state index in [4.69, 9.17) is 9.47 Å². The molecule has 0 bridgehead atoms. The van der Waals surface area contributed by atoms with Gasteiger partial charge in [0.25, 0.3) is 0 Å². The number of hydrogen-bond acceptors (Lipinski definition) is 3. The minimum Gasteiger partial charge on any atom is -0.495 e. The van der Waals surface area contributed by atoms with E-state index in [0.29, 0.717) is 0 Å². The summed E-state index contributed by atoms with van der Waals surface area (Å²) >= 11 is 0. The second kappa shape index (κ2) is 4.34. The average molecular weight is 221 g/mol. The summed E-state index contributed by atoms with van der Waals surface area (Å²) in [6.45, 7) is 2.91. The van der Waals surface area contributed by atoms with Gasteiger partial charge in [0.15, 0.2) is 0 Å². The van der Waals surface area contributed by atoms with Crippen molar-refractivity contribution in [1.82, 2.24) is 0 Å². The van der Waals surface area contributed by atoms with Crippen molar-refractivity contribution >= 4 is 5.69 Å². The number of para-hydroxylation sites is 1. The Bertz CT molecular complexity index is 378. The Labute approximate surface area is 96.8 Å². The van der Waals surface area contributed by atoms with Crippen LogP contribution in [0, 0.1) is 0 Å². The molecule has 16 heavy (non-hydrogen) atoms. The number of nitrogens with one attached hydrogen (secondary N) is 1. The SMILES string of the molecule is CCC1(COC)Cc2cccc(OC)c2N1. The molecule has 1 unspecified atom stereocenters. The van der Waals surface area contributed by atoms with Crippen LogP contribution in [0.4, 0.5) is 5.69 Å². The molecule has 88 valence electrons. The molecule has 1 N–H and O–H groups in total. The van der Waals surface area contributed by atoms with Gasteiger partial charge in [0, 0.05) is 7.11 Å². The summed E-state index contributed by atoms with van der Waals surface area (Å²) in [7, 11) is 3.46. The highest BCUT2D eigenvalue weighted by atomic mass is 16.5. The topological polar surface area (TPSA) is 30.5 Å². The number of anilines is 1. The van der Waals surface area contributed by atoms with Crippen LogP contribution >= 0.6 is 0 Å². The second-order valence-corrected chi connectivity index (χ2v) is 4.36. The summed E-state index contributed by atoms with van der Waals surface area (Å²) < 4.78 is 10.7. The molecular formula is C13H19NO2. The molecule has 0 radical (unpaired) electrons. The number of rotatable bonds is 4. The fourth-order valence-electron chi connectivity index (χ4n) is 2.39. The lowest BCUT2D eigenvalue weighted by Crippen LogP contribution is -2.40. The van der Waals surface area contributed by atoms with E-state index in [2.05, 4.69) is 18.3 Å². The molecule has 0 spiro atoms. The molecule has 0 amide bonds. The maximum absolute atomic E-state index is 5.37. The zero-order valence-electron chi connectivity index (χ0n) is 10.2. The minimum atomic E-state index is 0.0334. The highest BCUT2D eigenvalue weighted by Gasteiger charge is 2.36. The molecule has 0 aromatic heterocycles. The van der Waals surface area contributed by atoms with Crippen LogP contribution in [0.1, 0.15) is 18.9 Å². The fraction of sp³-hybridized carbons (Fsp3) is 0.538. The van der Waals surface area contributed by atoms with Crippen LogP contribution in [-0.4, -0.2) is 26.4 Å². The maximum Gasteiger partial charge on any atom is 0.142 e. The largest absolute Gasteiger partial charge is 0.495 e. The van der Waals surface area contributed by atoms with Crippen molar-refractivity contribution in [3.05, 3.63) is 23.8 Å². The first-order chi connectivity index (χ1) is 7.74. The van der Waals surface area contributed by atoms with Gasteiger partial charge in [0.1, 0.15) is 5.75 Å². The van der Waals surface area contributed by atoms with Gasteiger partial charge < -0.3 is 14.8 Å². The first-order valence-corrected chi connectivity index (χ1v) is 5.67. The van der Waals surface area contributed by atoms with Crippen LogP contribution in [0.5, 0.6) is 5.75 Å². The van der Waals surface area contributed by atoms with Gasteiger partial charge in [-0.2, -0.15) is 0 Å². The quantitative estimate of drug-likeness (QED) is 0.847. The monoisotopic (exact) mass is 221 g/mol. The van der Waals surface area contributed by atoms with Crippen LogP contribution in [0.2, 0.25) is 0 Å². The summed E-state index contributed by atoms with van der Waals surface area (Å²) in [5.41, 5.74) is 2.48. The molecule has 0 fully saturated rings. The average Bonchev–Trinajstić information content (AvgIpc) is 2.68. The Hall–Kier alpha value is -1.22. The molecule has 1 aliphatic rings. The van der Waals surface area contributed by atoms with Crippen LogP contribution in [0.15, 0.2) is 18.2 Å². The standard InChI is InChI=1S/C13H19NO2/c1-4-13(9-15-2)8-10-6-5-7-11(16-3)12(10)14-13/h5-7,14H,4,8-9H2,1-3H3. The Balaban J connectivity index is 2.31. The second-order valence-electron chi connectivity index (χ2n) is 4.36. The number of ether oxygens (including phenoxy) is 2. The zero-order valence-corrected chi connectivity index (χ0v) is 10.2. The molecule has 1 heterocycles. The van der Waals surface area contributed by atoms with Crippen LogP contribution in [0.3, 0.4) is 0 Å². The van der Waals surface area contributed by atoms with E-state index in [1.54, 1.807) is 14.2 Å². The predicted octanol–water partition coefficient (Wildman–Crippen LogP) is 2.46. The number of fused-ring (bicyclic) bond motifs is 1. The molecule has 3 heteroatoms. The third kappa shape index (κ3) is 1.76. The number of methoxy groups -OCH3 is 2. The summed E-state index contributed by atoms with van der Waals surface area (Å²) in [5.74, 6) is 0.920. The van der Waals surface area contributed by atoms with Gasteiger partial charge in [-0.05, 0) is 24.5 Å². The van der Waals surface area contributed by atoms with Gasteiger partial charge in [-0.25, -0.2) is 0 Å². The fourth-order valence-corrected chi connectivity index (χ4v) is 2.39. The highest BCUT2D eigenvalue weighted by molar-refractivity contribution is 5.67. The van der Waals surface area contributed by atoms with E-state index in [9.17, 15) is 0 Å². The summed E-state index contributed by atoms with van der Waals surface area (Å²) in [4.78, 5) is 0. The summed E-state index contributed by atoms with van der Waals surface area (Å²) in [6.07, 6.45) is 2.04. The Morgan fingerprint density at radius 3 is 2.81 bits per heavy atom. The minimum absolute atomic E-state index is 0.0334. The molecule has 3 nitrogen and oxygen atoms in total. The summed E-state index contributed by atoms with van der Waals surface area (Å²) in [6, 6.07) is 6.18. The predicted molar refractivity (Wildman–Crippen MR) is 65.2 cm³/mol. The van der Waals surface area contributed by atoms with Crippen molar-refractivity contribution in [2.24, 2.45) is 0 Å². The van der Waals surface area contributed by atoms with E-state index >= 15 is 0 Å². The zero-order chi connectivity index (χ0) is 11.6. The van der Waals surface area contributed by atoms with Gasteiger partial charge in [-0.1, -0.05) is 19.1 Å². The van der Waals surface area contributed by atoms with E-state index in [1.807, 2.05) is 12.1 Å². The molecule has 0 saturated heterocycles. The number of benzene rings is 1. The van der Waals surface area contributed by atoms with E-state index in [-0.39, 0.29) is 5.54 Å². The molecule has 1 aliphatic heterocycles. The molecule has 0 aliphatic carbocycles. The first-order valence-electron chi connectivity index (χ1n) is 5.67. The molecule has 1 aromatic rings. The van der Waals surface area contributed by atoms with Crippen LogP contribution in [-0.2, 0) is 11.2 Å². The van der Waals surface area contributed by atoms with Gasteiger partial charge >= 0.3 is 0 Å². The lowest BCUT2D eigenvalue weighted by Gasteiger charge is -2.28. The van der Waals surface area contributed by atoms with E-state index in [0.717, 1.165) is 30.9 Å². The van der Waals surface area contributed by atoms with Crippen LogP contribution in [0.25, 0.3) is 0 Å². The smallest absolute Gasteiger partial charge is 0.142 e. The van der Waals surface area contributed by atoms with Crippen molar-refractivity contribution in [1.29, 1.82) is 0 Å². The number of hydrogen-bond donors (Lipinski definition) is 1. The summed E-state index contributed by atoms with van der Waals surface area (Å²) in [5, 5.41) is 3.57. The normalized spacial score (nSPS) is 22.7. The van der Waals surface area contributed by atoms with Crippen molar-refractivity contribution in [3.63, 3.8) is 0 Å². The van der Waals surface area contributed by atoms with Crippen molar-refractivity contribution in [2.45, 2.75) is 25.3 Å². The molecule has 2 rings (SSSR count). The Morgan fingerprint density at radius 2 is 2.19 bits per heavy atom. The molecule has 1 aromatic carbocycles. The van der Waals surface area contributed by atoms with Gasteiger partial charge in [0.2, 0.25) is 0 Å². The van der Waals surface area contributed by atoms with Gasteiger partial charge in [-0.15, -0.1) is 0 Å². The molecule has 1 atom stereocenters. The third-order valence-corrected chi connectivity index (χ3v) is 3.35. The molecular weight excluding hydrogens is 202 g/mol. The Morgan fingerprint density at radius 1 is 1.38 bits per heavy atom. The van der Waals surface area contributed by atoms with Crippen LogP contribution < -0.4 is 10.1 Å². The highest BCUT2D eigenvalue weighted by Crippen LogP contribution is 2.40. The third-order valence-electron chi connectivity index (χ3n) is 3.35. The Kier molecular flexibility index (Phi) is 3.06. The van der Waals surface area contributed by atoms with E-state index < -0.39 is 0 Å². The molecule has 0 saturated carbocycles. The maximum atomic E-state index is 5.37. The van der Waals surface area contributed by atoms with E-state index in [1.165, 1.54) is 5.56 Å². The van der Waals surface area contributed by atoms with Gasteiger partial charge in [0.05, 0.1) is 24.9 Å². The lowest BCUT2D eigenvalue weighted by molar-refractivity contribution is 0.143. The lowest BCUT2D eigenvalue weighted by atomic mass is 9.93.